The van der Waals surface area contributed by atoms with Gasteiger partial charge in [-0.05, 0) is 37.6 Å². The molecule has 0 aliphatic carbocycles. The van der Waals surface area contributed by atoms with Gasteiger partial charge in [-0.1, -0.05) is 18.2 Å². The third-order valence-electron chi connectivity index (χ3n) is 4.19. The molecule has 2 aromatic rings. The number of hydrogen-bond acceptors (Lipinski definition) is 5. The van der Waals surface area contributed by atoms with E-state index in [2.05, 4.69) is 10.6 Å². The maximum Gasteiger partial charge on any atom is 0.326 e. The fourth-order valence-corrected chi connectivity index (χ4v) is 2.50. The highest BCUT2D eigenvalue weighted by Crippen LogP contribution is 2.19. The highest BCUT2D eigenvalue weighted by Gasteiger charge is 2.20. The zero-order chi connectivity index (χ0) is 23.8. The molecule has 3 N–H and O–H groups in total. The van der Waals surface area contributed by atoms with E-state index in [9.17, 15) is 32.3 Å². The van der Waals surface area contributed by atoms with E-state index < -0.39 is 66.0 Å². The normalized spacial score (nSPS) is 11.3. The Hall–Kier alpha value is -3.89. The van der Waals surface area contributed by atoms with Crippen LogP contribution in [0.25, 0.3) is 0 Å². The van der Waals surface area contributed by atoms with Gasteiger partial charge in [0, 0.05) is 5.56 Å². The number of esters is 1. The monoisotopic (exact) mass is 451 g/mol. The number of halogens is 3. The second kappa shape index (κ2) is 10.9. The van der Waals surface area contributed by atoms with Crippen molar-refractivity contribution in [2.45, 2.75) is 20.0 Å². The fourth-order valence-electron chi connectivity index (χ4n) is 2.50. The molecule has 0 aromatic heterocycles. The van der Waals surface area contributed by atoms with Gasteiger partial charge in [0.15, 0.2) is 23.6 Å². The lowest BCUT2D eigenvalue weighted by Crippen LogP contribution is -2.41. The number of benzene rings is 2. The number of hydrogen-bond donors (Lipinski definition) is 3. The van der Waals surface area contributed by atoms with Gasteiger partial charge in [-0.25, -0.2) is 13.2 Å². The first kappa shape index (κ1) is 24.4. The minimum Gasteiger partial charge on any atom is -0.451 e. The van der Waals surface area contributed by atoms with Crippen LogP contribution in [-0.2, 0) is 19.1 Å². The molecule has 0 unspecified atom stereocenters. The Morgan fingerprint density at radius 2 is 1.62 bits per heavy atom. The molecule has 2 rings (SSSR count). The Bertz CT molecular complexity index is 1050. The predicted octanol–water partition coefficient (Wildman–Crippen LogP) is 1.83. The first-order valence-electron chi connectivity index (χ1n) is 9.34. The van der Waals surface area contributed by atoms with Gasteiger partial charge in [-0.3, -0.25) is 19.2 Å². The molecule has 0 saturated heterocycles. The van der Waals surface area contributed by atoms with E-state index in [1.54, 1.807) is 31.2 Å². The van der Waals surface area contributed by atoms with Crippen molar-refractivity contribution in [2.24, 2.45) is 0 Å². The number of carbonyl (C=O) groups excluding carboxylic acids is 4. The second-order valence-corrected chi connectivity index (χ2v) is 6.62. The van der Waals surface area contributed by atoms with Gasteiger partial charge in [0.05, 0.1) is 12.2 Å². The Balaban J connectivity index is 1.77. The smallest absolute Gasteiger partial charge is 0.326 e. The lowest BCUT2D eigenvalue weighted by atomic mass is 10.1. The number of nitrogens with one attached hydrogen (secondary N) is 3. The number of ether oxygens (including phenoxy) is 1. The molecule has 0 aliphatic rings. The first-order chi connectivity index (χ1) is 15.1. The third kappa shape index (κ3) is 6.56. The van der Waals surface area contributed by atoms with E-state index >= 15 is 0 Å². The minimum atomic E-state index is -1.75. The molecule has 0 spiro atoms. The van der Waals surface area contributed by atoms with Crippen molar-refractivity contribution in [1.29, 1.82) is 0 Å². The SMILES string of the molecule is Cc1ccccc1C(=O)NCC(=O)O[C@H](C)C(=O)NCC(=O)Nc1ccc(F)c(F)c1F. The van der Waals surface area contributed by atoms with E-state index in [-0.39, 0.29) is 0 Å². The van der Waals surface area contributed by atoms with Crippen LogP contribution in [0.15, 0.2) is 36.4 Å². The molecule has 11 heteroatoms. The second-order valence-electron chi connectivity index (χ2n) is 6.62. The highest BCUT2D eigenvalue weighted by molar-refractivity contribution is 5.97. The molecule has 170 valence electrons. The molecule has 0 saturated carbocycles. The topological polar surface area (TPSA) is 114 Å². The van der Waals surface area contributed by atoms with Gasteiger partial charge in [0.2, 0.25) is 5.91 Å². The molecule has 2 aromatic carbocycles. The Labute approximate surface area is 181 Å². The van der Waals surface area contributed by atoms with E-state index in [0.717, 1.165) is 6.07 Å². The molecular weight excluding hydrogens is 431 g/mol. The van der Waals surface area contributed by atoms with E-state index in [1.807, 2.05) is 5.32 Å². The van der Waals surface area contributed by atoms with Crippen LogP contribution in [0, 0.1) is 24.4 Å². The fraction of sp³-hybridized carbons (Fsp3) is 0.238. The third-order valence-corrected chi connectivity index (χ3v) is 4.19. The van der Waals surface area contributed by atoms with Crippen molar-refractivity contribution in [3.63, 3.8) is 0 Å². The number of aryl methyl sites for hydroxylation is 1. The summed E-state index contributed by atoms with van der Waals surface area (Å²) >= 11 is 0. The van der Waals surface area contributed by atoms with E-state index in [4.69, 9.17) is 4.74 Å². The molecule has 0 heterocycles. The van der Waals surface area contributed by atoms with Crippen LogP contribution in [-0.4, -0.2) is 42.9 Å². The van der Waals surface area contributed by atoms with Crippen molar-refractivity contribution in [2.75, 3.05) is 18.4 Å². The Kier molecular flexibility index (Phi) is 8.33. The maximum absolute atomic E-state index is 13.5. The number of anilines is 1. The van der Waals surface area contributed by atoms with Gasteiger partial charge >= 0.3 is 5.97 Å². The average Bonchev–Trinajstić information content (AvgIpc) is 2.76. The van der Waals surface area contributed by atoms with Crippen LogP contribution in [0.3, 0.4) is 0 Å². The molecule has 0 radical (unpaired) electrons. The van der Waals surface area contributed by atoms with Gasteiger partial charge in [-0.15, -0.1) is 0 Å². The maximum atomic E-state index is 13.5. The van der Waals surface area contributed by atoms with Crippen LogP contribution in [0.5, 0.6) is 0 Å². The van der Waals surface area contributed by atoms with Crippen molar-refractivity contribution in [3.8, 4) is 0 Å². The molecule has 0 fully saturated rings. The number of amides is 3. The zero-order valence-electron chi connectivity index (χ0n) is 17.1. The summed E-state index contributed by atoms with van der Waals surface area (Å²) in [5, 5.41) is 6.49. The van der Waals surface area contributed by atoms with Crippen molar-refractivity contribution in [1.82, 2.24) is 10.6 Å². The summed E-state index contributed by atoms with van der Waals surface area (Å²) in [7, 11) is 0. The summed E-state index contributed by atoms with van der Waals surface area (Å²) in [5.41, 5.74) is 0.495. The Morgan fingerprint density at radius 3 is 2.31 bits per heavy atom. The summed E-state index contributed by atoms with van der Waals surface area (Å²) in [6.45, 7) is 1.84. The minimum absolute atomic E-state index is 0.384. The van der Waals surface area contributed by atoms with Crippen molar-refractivity contribution in [3.05, 3.63) is 65.0 Å². The van der Waals surface area contributed by atoms with Gasteiger partial charge < -0.3 is 20.7 Å². The van der Waals surface area contributed by atoms with E-state index in [0.29, 0.717) is 17.2 Å². The summed E-state index contributed by atoms with van der Waals surface area (Å²) in [6, 6.07) is 8.20. The lowest BCUT2D eigenvalue weighted by Gasteiger charge is -2.14. The molecular formula is C21H20F3N3O5. The van der Waals surface area contributed by atoms with Crippen molar-refractivity contribution >= 4 is 29.4 Å². The molecule has 32 heavy (non-hydrogen) atoms. The highest BCUT2D eigenvalue weighted by atomic mass is 19.2. The van der Waals surface area contributed by atoms with Crippen LogP contribution < -0.4 is 16.0 Å². The summed E-state index contributed by atoms with van der Waals surface area (Å²) in [6.07, 6.45) is -1.30. The summed E-state index contributed by atoms with van der Waals surface area (Å²) < 4.78 is 44.5. The molecule has 8 nitrogen and oxygen atoms in total. The zero-order valence-corrected chi connectivity index (χ0v) is 17.1. The lowest BCUT2D eigenvalue weighted by molar-refractivity contribution is -0.153. The largest absolute Gasteiger partial charge is 0.451 e. The van der Waals surface area contributed by atoms with Crippen LogP contribution in [0.2, 0.25) is 0 Å². The first-order valence-corrected chi connectivity index (χ1v) is 9.34. The van der Waals surface area contributed by atoms with Crippen LogP contribution in [0.4, 0.5) is 18.9 Å². The molecule has 3 amide bonds. The Morgan fingerprint density at radius 1 is 0.938 bits per heavy atom. The van der Waals surface area contributed by atoms with Gasteiger partial charge in [0.25, 0.3) is 11.8 Å². The van der Waals surface area contributed by atoms with Gasteiger partial charge in [-0.2, -0.15) is 0 Å². The quantitative estimate of drug-likeness (QED) is 0.419. The van der Waals surface area contributed by atoms with Crippen LogP contribution in [0.1, 0.15) is 22.8 Å². The molecule has 1 atom stereocenters. The number of carbonyl (C=O) groups is 4. The molecule has 0 aliphatic heterocycles. The van der Waals surface area contributed by atoms with Gasteiger partial charge in [0.1, 0.15) is 6.54 Å². The van der Waals surface area contributed by atoms with E-state index in [1.165, 1.54) is 6.92 Å². The summed E-state index contributed by atoms with van der Waals surface area (Å²) in [5.74, 6) is -7.89. The summed E-state index contributed by atoms with van der Waals surface area (Å²) in [4.78, 5) is 47.7. The van der Waals surface area contributed by atoms with Crippen molar-refractivity contribution < 1.29 is 37.1 Å². The molecule has 0 bridgehead atoms. The number of rotatable bonds is 8. The standard InChI is InChI=1S/C21H20F3N3O5/c1-11-5-3-4-6-13(11)21(31)26-10-17(29)32-12(2)20(30)25-9-16(28)27-15-8-7-14(22)18(23)19(15)24/h3-8,12H,9-10H2,1-2H3,(H,25,30)(H,26,31)(H,27,28)/t12-/m1/s1. The van der Waals surface area contributed by atoms with Crippen LogP contribution >= 0.6 is 0 Å². The predicted molar refractivity (Wildman–Crippen MR) is 107 cm³/mol. The average molecular weight is 451 g/mol.